The number of aromatic nitrogens is 4. The van der Waals surface area contributed by atoms with Crippen molar-refractivity contribution < 1.29 is 13.9 Å². The highest BCUT2D eigenvalue weighted by Gasteiger charge is 2.30. The molecule has 1 fully saturated rings. The summed E-state index contributed by atoms with van der Waals surface area (Å²) in [5.41, 5.74) is 0.383. The largest absolute Gasteiger partial charge is 0.448 e. The smallest absolute Gasteiger partial charge is 0.276 e. The average Bonchev–Trinajstić information content (AvgIpc) is 3.23. The third-order valence-electron chi connectivity index (χ3n) is 3.86. The van der Waals surface area contributed by atoms with Gasteiger partial charge in [-0.1, -0.05) is 20.8 Å². The second kappa shape index (κ2) is 6.49. The number of carbonyl (C=O) groups excluding carboxylic acids is 1. The maximum Gasteiger partial charge on any atom is 0.276 e. The van der Waals surface area contributed by atoms with E-state index in [1.807, 2.05) is 20.8 Å². The van der Waals surface area contributed by atoms with Gasteiger partial charge < -0.3 is 14.1 Å². The number of hydrogen-bond donors (Lipinski definition) is 1. The normalized spacial score (nSPS) is 18.6. The molecule has 8 heteroatoms. The van der Waals surface area contributed by atoms with Crippen LogP contribution in [0.5, 0.6) is 0 Å². The van der Waals surface area contributed by atoms with E-state index in [2.05, 4.69) is 20.2 Å². The number of H-pyrrole nitrogens is 1. The second-order valence-corrected chi connectivity index (χ2v) is 5.82. The molecule has 0 saturated carbocycles. The predicted octanol–water partition coefficient (Wildman–Crippen LogP) is 1.69. The van der Waals surface area contributed by atoms with Crippen LogP contribution >= 0.6 is 0 Å². The van der Waals surface area contributed by atoms with Gasteiger partial charge in [0.1, 0.15) is 11.9 Å². The number of oxazole rings is 1. The molecule has 2 aromatic heterocycles. The molecule has 1 atom stereocenters. The van der Waals surface area contributed by atoms with Crippen molar-refractivity contribution in [1.29, 1.82) is 0 Å². The monoisotopic (exact) mass is 319 g/mol. The van der Waals surface area contributed by atoms with Gasteiger partial charge in [-0.25, -0.2) is 9.97 Å². The Balaban J connectivity index is 1.74. The molecule has 3 rings (SSSR count). The molecule has 23 heavy (non-hydrogen) atoms. The van der Waals surface area contributed by atoms with E-state index in [-0.39, 0.29) is 17.9 Å². The topological polar surface area (TPSA) is 97.1 Å². The lowest BCUT2D eigenvalue weighted by atomic mass is 10.2. The minimum absolute atomic E-state index is 0.132. The lowest BCUT2D eigenvalue weighted by molar-refractivity contribution is -0.0269. The molecule has 1 saturated heterocycles. The molecule has 1 aliphatic heterocycles. The lowest BCUT2D eigenvalue weighted by Crippen LogP contribution is -2.43. The molecule has 3 heterocycles. The number of morpholine rings is 1. The van der Waals surface area contributed by atoms with Gasteiger partial charge in [-0.2, -0.15) is 5.10 Å². The predicted molar refractivity (Wildman–Crippen MR) is 80.9 cm³/mol. The quantitative estimate of drug-likeness (QED) is 0.921. The van der Waals surface area contributed by atoms with E-state index >= 15 is 0 Å². The fourth-order valence-electron chi connectivity index (χ4n) is 2.53. The Morgan fingerprint density at radius 3 is 3.04 bits per heavy atom. The molecular weight excluding hydrogens is 298 g/mol. The molecular formula is C15H21N5O3. The zero-order valence-corrected chi connectivity index (χ0v) is 13.6. The van der Waals surface area contributed by atoms with Crippen molar-refractivity contribution in [1.82, 2.24) is 25.1 Å². The van der Waals surface area contributed by atoms with E-state index in [0.29, 0.717) is 43.4 Å². The van der Waals surface area contributed by atoms with Crippen LogP contribution < -0.4 is 0 Å². The first kappa shape index (κ1) is 15.7. The lowest BCUT2D eigenvalue weighted by Gasteiger charge is -2.31. The number of nitrogens with one attached hydrogen (secondary N) is 1. The number of carbonyl (C=O) groups is 1. The van der Waals surface area contributed by atoms with Gasteiger partial charge in [0.25, 0.3) is 5.91 Å². The number of rotatable bonds is 4. The van der Waals surface area contributed by atoms with Crippen molar-refractivity contribution in [3.8, 4) is 0 Å². The molecule has 0 bridgehead atoms. The van der Waals surface area contributed by atoms with Crippen LogP contribution in [0.1, 0.15) is 60.7 Å². The van der Waals surface area contributed by atoms with Crippen LogP contribution in [-0.2, 0) is 11.2 Å². The Morgan fingerprint density at radius 1 is 1.52 bits per heavy atom. The summed E-state index contributed by atoms with van der Waals surface area (Å²) in [5, 5.41) is 7.11. The summed E-state index contributed by atoms with van der Waals surface area (Å²) in [6, 6.07) is 0. The molecule has 124 valence electrons. The van der Waals surface area contributed by atoms with Gasteiger partial charge in [-0.05, 0) is 0 Å². The highest BCUT2D eigenvalue weighted by molar-refractivity contribution is 5.93. The Bertz CT molecular complexity index is 678. The summed E-state index contributed by atoms with van der Waals surface area (Å²) in [5.74, 6) is 2.12. The summed E-state index contributed by atoms with van der Waals surface area (Å²) < 4.78 is 11.0. The zero-order valence-electron chi connectivity index (χ0n) is 13.6. The van der Waals surface area contributed by atoms with E-state index in [4.69, 9.17) is 9.15 Å². The third-order valence-corrected chi connectivity index (χ3v) is 3.86. The van der Waals surface area contributed by atoms with Crippen LogP contribution in [0.3, 0.4) is 0 Å². The van der Waals surface area contributed by atoms with E-state index in [0.717, 1.165) is 5.82 Å². The van der Waals surface area contributed by atoms with Gasteiger partial charge in [0.05, 0.1) is 13.2 Å². The van der Waals surface area contributed by atoms with Crippen LogP contribution in [0.15, 0.2) is 10.8 Å². The Kier molecular flexibility index (Phi) is 4.42. The maximum atomic E-state index is 12.6. The van der Waals surface area contributed by atoms with Gasteiger partial charge in [0.15, 0.2) is 23.7 Å². The third kappa shape index (κ3) is 3.12. The molecule has 0 radical (unpaired) electrons. The van der Waals surface area contributed by atoms with Crippen molar-refractivity contribution in [2.75, 3.05) is 19.7 Å². The van der Waals surface area contributed by atoms with Crippen molar-refractivity contribution >= 4 is 5.91 Å². The van der Waals surface area contributed by atoms with Gasteiger partial charge in [0, 0.05) is 18.9 Å². The zero-order chi connectivity index (χ0) is 16.4. The van der Waals surface area contributed by atoms with E-state index in [1.165, 1.54) is 6.39 Å². The summed E-state index contributed by atoms with van der Waals surface area (Å²) >= 11 is 0. The first-order valence-electron chi connectivity index (χ1n) is 7.85. The maximum absolute atomic E-state index is 12.6. The van der Waals surface area contributed by atoms with Crippen molar-refractivity contribution in [2.24, 2.45) is 0 Å². The van der Waals surface area contributed by atoms with Crippen molar-refractivity contribution in [3.05, 3.63) is 29.5 Å². The van der Waals surface area contributed by atoms with Gasteiger partial charge in [-0.3, -0.25) is 9.89 Å². The van der Waals surface area contributed by atoms with Crippen molar-refractivity contribution in [3.63, 3.8) is 0 Å². The SMILES string of the molecule is CCc1ocnc1C(=O)N1CCO[C@H](c2nc(C(C)C)n[nH]2)C1. The first-order valence-corrected chi connectivity index (χ1v) is 7.85. The molecule has 1 aliphatic rings. The van der Waals surface area contributed by atoms with Crippen LogP contribution in [0, 0.1) is 0 Å². The molecule has 1 amide bonds. The number of amides is 1. The van der Waals surface area contributed by atoms with Crippen molar-refractivity contribution in [2.45, 2.75) is 39.2 Å². The Labute approximate surface area is 134 Å². The highest BCUT2D eigenvalue weighted by atomic mass is 16.5. The molecule has 8 nitrogen and oxygen atoms in total. The minimum Gasteiger partial charge on any atom is -0.448 e. The molecule has 0 spiro atoms. The van der Waals surface area contributed by atoms with Crippen LogP contribution in [0.25, 0.3) is 0 Å². The Hall–Kier alpha value is -2.22. The standard InChI is InChI=1S/C15H21N5O3/c1-4-10-12(16-8-23-10)15(21)20-5-6-22-11(7-20)14-17-13(9(2)3)18-19-14/h8-9,11H,4-7H2,1-3H3,(H,17,18,19)/t11-/m0/s1. The van der Waals surface area contributed by atoms with Crippen LogP contribution in [-0.4, -0.2) is 50.7 Å². The van der Waals surface area contributed by atoms with Crippen LogP contribution in [0.4, 0.5) is 0 Å². The Morgan fingerprint density at radius 2 is 2.35 bits per heavy atom. The second-order valence-electron chi connectivity index (χ2n) is 5.82. The van der Waals surface area contributed by atoms with Gasteiger partial charge in [-0.15, -0.1) is 0 Å². The fourth-order valence-corrected chi connectivity index (χ4v) is 2.53. The summed E-state index contributed by atoms with van der Waals surface area (Å²) in [7, 11) is 0. The van der Waals surface area contributed by atoms with Crippen LogP contribution in [0.2, 0.25) is 0 Å². The molecule has 0 aliphatic carbocycles. The van der Waals surface area contributed by atoms with E-state index < -0.39 is 0 Å². The minimum atomic E-state index is -0.301. The number of aromatic amines is 1. The number of aryl methyl sites for hydroxylation is 1. The molecule has 1 N–H and O–H groups in total. The number of nitrogens with zero attached hydrogens (tertiary/aromatic N) is 4. The van der Waals surface area contributed by atoms with E-state index in [9.17, 15) is 4.79 Å². The summed E-state index contributed by atoms with van der Waals surface area (Å²) in [4.78, 5) is 22.9. The molecule has 0 aromatic carbocycles. The summed E-state index contributed by atoms with van der Waals surface area (Å²) in [6.45, 7) is 7.38. The number of ether oxygens (including phenoxy) is 1. The summed E-state index contributed by atoms with van der Waals surface area (Å²) in [6.07, 6.45) is 1.65. The van der Waals surface area contributed by atoms with E-state index in [1.54, 1.807) is 4.90 Å². The molecule has 2 aromatic rings. The van der Waals surface area contributed by atoms with Gasteiger partial charge >= 0.3 is 0 Å². The molecule has 0 unspecified atom stereocenters. The fraction of sp³-hybridized carbons (Fsp3) is 0.600. The first-order chi connectivity index (χ1) is 11.1. The van der Waals surface area contributed by atoms with Gasteiger partial charge in [0.2, 0.25) is 0 Å². The average molecular weight is 319 g/mol. The number of hydrogen-bond acceptors (Lipinski definition) is 6. The highest BCUT2D eigenvalue weighted by Crippen LogP contribution is 2.22.